The molecule has 0 aliphatic carbocycles. The van der Waals surface area contributed by atoms with E-state index in [9.17, 15) is 19.7 Å². The summed E-state index contributed by atoms with van der Waals surface area (Å²) in [6.45, 7) is 0. The highest BCUT2D eigenvalue weighted by molar-refractivity contribution is 9.10. The summed E-state index contributed by atoms with van der Waals surface area (Å²) in [7, 11) is 0. The SMILES string of the molecule is O=C1C(Nc2cccc(Br)c2)=C(c2ccc([N+](=O)[O-])cc2)C(=O)N1c1ccccc1. The molecule has 1 aliphatic rings. The van der Waals surface area contributed by atoms with E-state index in [1.165, 1.54) is 24.3 Å². The number of amides is 2. The summed E-state index contributed by atoms with van der Waals surface area (Å²) >= 11 is 3.39. The molecule has 2 amide bonds. The fourth-order valence-electron chi connectivity index (χ4n) is 3.19. The smallest absolute Gasteiger partial charge is 0.282 e. The summed E-state index contributed by atoms with van der Waals surface area (Å²) in [5.74, 6) is -1.00. The summed E-state index contributed by atoms with van der Waals surface area (Å²) in [5, 5.41) is 14.0. The highest BCUT2D eigenvalue weighted by atomic mass is 79.9. The molecule has 0 radical (unpaired) electrons. The van der Waals surface area contributed by atoms with Crippen LogP contribution in [-0.4, -0.2) is 16.7 Å². The standard InChI is InChI=1S/C22H14BrN3O4/c23-15-5-4-6-16(13-15)24-20-19(14-9-11-18(12-10-14)26(29)30)21(27)25(22(20)28)17-7-2-1-3-8-17/h1-13,24H. The molecule has 0 saturated carbocycles. The average Bonchev–Trinajstić information content (AvgIpc) is 2.98. The van der Waals surface area contributed by atoms with Gasteiger partial charge in [0, 0.05) is 22.3 Å². The van der Waals surface area contributed by atoms with Gasteiger partial charge in [0.25, 0.3) is 17.5 Å². The van der Waals surface area contributed by atoms with Gasteiger partial charge < -0.3 is 5.32 Å². The van der Waals surface area contributed by atoms with Crippen LogP contribution >= 0.6 is 15.9 Å². The summed E-state index contributed by atoms with van der Waals surface area (Å²) in [5.41, 5.74) is 1.63. The van der Waals surface area contributed by atoms with E-state index in [0.29, 0.717) is 16.9 Å². The second kappa shape index (κ2) is 7.92. The lowest BCUT2D eigenvalue weighted by Crippen LogP contribution is -2.32. The van der Waals surface area contributed by atoms with Crippen LogP contribution in [-0.2, 0) is 9.59 Å². The number of carbonyl (C=O) groups is 2. The third kappa shape index (κ3) is 3.60. The highest BCUT2D eigenvalue weighted by Crippen LogP contribution is 2.34. The van der Waals surface area contributed by atoms with Crippen molar-refractivity contribution in [3.63, 3.8) is 0 Å². The molecule has 148 valence electrons. The Morgan fingerprint density at radius 1 is 0.867 bits per heavy atom. The quantitative estimate of drug-likeness (QED) is 0.334. The molecule has 0 bridgehead atoms. The van der Waals surface area contributed by atoms with Gasteiger partial charge >= 0.3 is 0 Å². The van der Waals surface area contributed by atoms with Crippen LogP contribution in [0.15, 0.2) is 89.0 Å². The Bertz CT molecular complexity index is 1190. The van der Waals surface area contributed by atoms with Gasteiger partial charge in [-0.3, -0.25) is 19.7 Å². The van der Waals surface area contributed by atoms with E-state index in [0.717, 1.165) is 9.37 Å². The number of anilines is 2. The van der Waals surface area contributed by atoms with Crippen LogP contribution in [0.2, 0.25) is 0 Å². The second-order valence-electron chi connectivity index (χ2n) is 6.47. The molecule has 0 fully saturated rings. The van der Waals surface area contributed by atoms with Gasteiger partial charge in [-0.05, 0) is 48.0 Å². The predicted octanol–water partition coefficient (Wildman–Crippen LogP) is 4.75. The van der Waals surface area contributed by atoms with Crippen molar-refractivity contribution in [3.05, 3.63) is 105 Å². The first-order valence-electron chi connectivity index (χ1n) is 8.91. The fraction of sp³-hybridized carbons (Fsp3) is 0. The summed E-state index contributed by atoms with van der Waals surface area (Å²) in [6, 6.07) is 21.4. The van der Waals surface area contributed by atoms with E-state index in [2.05, 4.69) is 21.2 Å². The zero-order chi connectivity index (χ0) is 21.3. The molecule has 0 atom stereocenters. The van der Waals surface area contributed by atoms with Gasteiger partial charge in [-0.1, -0.05) is 40.2 Å². The number of hydrogen-bond donors (Lipinski definition) is 1. The molecule has 30 heavy (non-hydrogen) atoms. The molecule has 0 unspecified atom stereocenters. The monoisotopic (exact) mass is 463 g/mol. The summed E-state index contributed by atoms with van der Waals surface area (Å²) < 4.78 is 0.807. The zero-order valence-electron chi connectivity index (χ0n) is 15.4. The number of nitrogens with one attached hydrogen (secondary N) is 1. The molecule has 0 aromatic heterocycles. The summed E-state index contributed by atoms with van der Waals surface area (Å²) in [4.78, 5) is 38.0. The van der Waals surface area contributed by atoms with Crippen LogP contribution < -0.4 is 10.2 Å². The number of rotatable bonds is 5. The Hall–Kier alpha value is -3.78. The normalized spacial score (nSPS) is 13.7. The number of carbonyl (C=O) groups excluding carboxylic acids is 2. The van der Waals surface area contributed by atoms with Crippen molar-refractivity contribution in [3.8, 4) is 0 Å². The number of nitro groups is 1. The molecule has 0 spiro atoms. The number of nitro benzene ring substituents is 1. The minimum Gasteiger partial charge on any atom is -0.350 e. The highest BCUT2D eigenvalue weighted by Gasteiger charge is 2.40. The minimum absolute atomic E-state index is 0.0995. The van der Waals surface area contributed by atoms with Gasteiger partial charge in [0.1, 0.15) is 5.70 Å². The molecule has 7 nitrogen and oxygen atoms in total. The Balaban J connectivity index is 1.82. The van der Waals surface area contributed by atoms with Crippen LogP contribution in [0.1, 0.15) is 5.56 Å². The van der Waals surface area contributed by atoms with Gasteiger partial charge in [-0.25, -0.2) is 4.90 Å². The van der Waals surface area contributed by atoms with E-state index < -0.39 is 16.7 Å². The Morgan fingerprint density at radius 3 is 2.20 bits per heavy atom. The Morgan fingerprint density at radius 2 is 1.57 bits per heavy atom. The first-order valence-corrected chi connectivity index (χ1v) is 9.70. The maximum absolute atomic E-state index is 13.3. The van der Waals surface area contributed by atoms with Gasteiger partial charge in [0.05, 0.1) is 16.2 Å². The first kappa shape index (κ1) is 19.5. The third-order valence-corrected chi connectivity index (χ3v) is 5.05. The fourth-order valence-corrected chi connectivity index (χ4v) is 3.58. The third-order valence-electron chi connectivity index (χ3n) is 4.56. The number of benzene rings is 3. The van der Waals surface area contributed by atoms with Crippen LogP contribution in [0.25, 0.3) is 5.57 Å². The number of para-hydroxylation sites is 1. The lowest BCUT2D eigenvalue weighted by molar-refractivity contribution is -0.384. The molecule has 3 aromatic carbocycles. The van der Waals surface area contributed by atoms with Gasteiger partial charge in [-0.2, -0.15) is 0 Å². The number of imide groups is 1. The second-order valence-corrected chi connectivity index (χ2v) is 7.39. The molecule has 3 aromatic rings. The minimum atomic E-state index is -0.517. The molecular weight excluding hydrogens is 450 g/mol. The number of non-ortho nitro benzene ring substituents is 1. The molecule has 8 heteroatoms. The van der Waals surface area contributed by atoms with E-state index >= 15 is 0 Å². The largest absolute Gasteiger partial charge is 0.350 e. The topological polar surface area (TPSA) is 92.5 Å². The number of halogens is 1. The van der Waals surface area contributed by atoms with Crippen molar-refractivity contribution < 1.29 is 14.5 Å². The molecule has 1 aliphatic heterocycles. The maximum Gasteiger partial charge on any atom is 0.282 e. The molecule has 4 rings (SSSR count). The van der Waals surface area contributed by atoms with E-state index in [1.54, 1.807) is 48.5 Å². The van der Waals surface area contributed by atoms with Crippen LogP contribution in [0.3, 0.4) is 0 Å². The van der Waals surface area contributed by atoms with Gasteiger partial charge in [-0.15, -0.1) is 0 Å². The van der Waals surface area contributed by atoms with Gasteiger partial charge in [0.15, 0.2) is 0 Å². The van der Waals surface area contributed by atoms with Crippen molar-refractivity contribution >= 4 is 50.4 Å². The summed E-state index contributed by atoms with van der Waals surface area (Å²) in [6.07, 6.45) is 0. The van der Waals surface area contributed by atoms with Crippen LogP contribution in [0.5, 0.6) is 0 Å². The predicted molar refractivity (Wildman–Crippen MR) is 117 cm³/mol. The molecule has 0 saturated heterocycles. The molecule has 1 N–H and O–H groups in total. The van der Waals surface area contributed by atoms with Crippen molar-refractivity contribution in [2.45, 2.75) is 0 Å². The maximum atomic E-state index is 13.3. The lowest BCUT2D eigenvalue weighted by atomic mass is 10.0. The molecular formula is C22H14BrN3O4. The lowest BCUT2D eigenvalue weighted by Gasteiger charge is -2.15. The van der Waals surface area contributed by atoms with Crippen LogP contribution in [0.4, 0.5) is 17.1 Å². The zero-order valence-corrected chi connectivity index (χ0v) is 17.0. The van der Waals surface area contributed by atoms with E-state index in [-0.39, 0.29) is 17.0 Å². The van der Waals surface area contributed by atoms with Crippen molar-refractivity contribution in [2.24, 2.45) is 0 Å². The van der Waals surface area contributed by atoms with Crippen molar-refractivity contribution in [1.82, 2.24) is 0 Å². The Labute approximate surface area is 179 Å². The van der Waals surface area contributed by atoms with E-state index in [4.69, 9.17) is 0 Å². The number of nitrogens with zero attached hydrogens (tertiary/aromatic N) is 2. The van der Waals surface area contributed by atoms with Crippen molar-refractivity contribution in [2.75, 3.05) is 10.2 Å². The number of hydrogen-bond acceptors (Lipinski definition) is 5. The average molecular weight is 464 g/mol. The first-order chi connectivity index (χ1) is 14.5. The van der Waals surface area contributed by atoms with Gasteiger partial charge in [0.2, 0.25) is 0 Å². The van der Waals surface area contributed by atoms with Crippen LogP contribution in [0, 0.1) is 10.1 Å². The van der Waals surface area contributed by atoms with E-state index in [1.807, 2.05) is 6.07 Å². The molecule has 1 heterocycles. The van der Waals surface area contributed by atoms with Crippen molar-refractivity contribution in [1.29, 1.82) is 0 Å². The Kier molecular flexibility index (Phi) is 5.16.